The molecule has 0 saturated heterocycles. The third-order valence-electron chi connectivity index (χ3n) is 37.3. The summed E-state index contributed by atoms with van der Waals surface area (Å²) in [5, 5.41) is 11.2. The van der Waals surface area contributed by atoms with Crippen LogP contribution in [0.2, 0.25) is 0 Å². The Hall–Kier alpha value is -12.4. The van der Waals surface area contributed by atoms with Gasteiger partial charge in [-0.15, -0.1) is 22.7 Å². The largest absolute Gasteiger partial charge is 0.243 e. The van der Waals surface area contributed by atoms with Crippen molar-refractivity contribution < 1.29 is 0 Å². The summed E-state index contributed by atoms with van der Waals surface area (Å²) in [5.41, 5.74) is 47.8. The minimum Gasteiger partial charge on any atom is -0.135 e. The van der Waals surface area contributed by atoms with E-state index in [1.165, 1.54) is 282 Å². The van der Waals surface area contributed by atoms with E-state index in [-0.39, 0.29) is 41.8 Å². The Bertz CT molecular complexity index is 7970. The monoisotopic (exact) mass is 1940 g/mol. The first-order valence-electron chi connectivity index (χ1n) is 54.8. The van der Waals surface area contributed by atoms with E-state index in [2.05, 4.69) is 457 Å². The molecule has 1 aliphatic heterocycles. The Kier molecular flexibility index (Phi) is 23.7. The van der Waals surface area contributed by atoms with Crippen molar-refractivity contribution in [2.24, 2.45) is 23.7 Å². The van der Waals surface area contributed by atoms with Crippen LogP contribution in [0.4, 0.5) is 0 Å². The smallest absolute Gasteiger partial charge is 0.135 e. The molecule has 4 unspecified atom stereocenters. The van der Waals surface area contributed by atoms with Gasteiger partial charge in [-0.25, -0.2) is 0 Å². The molecule has 8 aliphatic carbocycles. The molecule has 8 bridgehead atoms. The van der Waals surface area contributed by atoms with Gasteiger partial charge in [-0.05, 0) is 352 Å². The van der Waals surface area contributed by atoms with Gasteiger partial charge in [-0.1, -0.05) is 453 Å². The van der Waals surface area contributed by atoms with Gasteiger partial charge in [0.1, 0.15) is 0 Å². The fourth-order valence-corrected chi connectivity index (χ4v) is 39.5. The quantitative estimate of drug-likeness (QED) is 0.0559. The first-order chi connectivity index (χ1) is 70.7. The molecule has 2 aromatic heterocycles. The van der Waals surface area contributed by atoms with Crippen LogP contribution in [0.15, 0.2) is 346 Å². The molecule has 17 aromatic carbocycles. The van der Waals surface area contributed by atoms with Crippen LogP contribution in [0.5, 0.6) is 0 Å². The van der Waals surface area contributed by atoms with E-state index in [9.17, 15) is 0 Å². The molecule has 6 heteroatoms. The van der Waals surface area contributed by atoms with Gasteiger partial charge in [-0.2, -0.15) is 0 Å². The summed E-state index contributed by atoms with van der Waals surface area (Å²) < 4.78 is 5.44. The highest BCUT2D eigenvalue weighted by molar-refractivity contribution is 7.26. The minimum absolute atomic E-state index is 0.152. The summed E-state index contributed by atoms with van der Waals surface area (Å²) in [7, 11) is -2.58. The van der Waals surface area contributed by atoms with Crippen molar-refractivity contribution in [2.45, 2.75) is 221 Å². The lowest BCUT2D eigenvalue weighted by Crippen LogP contribution is -2.74. The average molecular weight is 1940 g/mol. The Morgan fingerprint density at radius 2 is 0.534 bits per heavy atom. The molecule has 0 radical (unpaired) electrons. The van der Waals surface area contributed by atoms with E-state index in [1.54, 1.807) is 38.8 Å². The maximum absolute atomic E-state index is 2.75. The van der Waals surface area contributed by atoms with Crippen LogP contribution in [0.1, 0.15) is 217 Å². The first kappa shape index (κ1) is 94.6. The Labute approximate surface area is 878 Å². The SMILES string of the molecule is Cc1cc(C)c(B(c2ccc3sc4ccc(-c5ccc(C67CC8CC(C6)CC(c6cc(C(C)C)c(B9c%10ccccc%10-c%10ccccc%109)c(C(C)C)c6)(C8)C7)cc5)cc4c3c2)c2c(C)cc(C)cc2C)c(C)c1.Cc1cc(C)c(B(c2ccc3sc4ccc(-c5ccc(C67CC8CC(C6)CC(c6ccc([Si](c9ccccc9)(c9ccccc9)c9ccccc9)cc6)(C8)C7)cc5)cc4c3c2)c2c(C)cc(C)cc2C)c(C)c1. The fraction of sp³-hybridized carbons (Fsp3) is 0.271. The van der Waals surface area contributed by atoms with E-state index in [0.717, 1.165) is 23.7 Å². The van der Waals surface area contributed by atoms with E-state index < -0.39 is 8.07 Å². The highest BCUT2D eigenvalue weighted by Gasteiger charge is 2.61. The molecule has 0 spiro atoms. The third-order valence-corrected chi connectivity index (χ3v) is 44.4. The number of benzene rings is 17. The number of hydrogen-bond donors (Lipinski definition) is 0. The van der Waals surface area contributed by atoms with E-state index >= 15 is 0 Å². The van der Waals surface area contributed by atoms with Crippen LogP contribution in [0.3, 0.4) is 0 Å². The first-order valence-corrected chi connectivity index (χ1v) is 58.4. The molecule has 19 aromatic rings. The summed E-state index contributed by atoms with van der Waals surface area (Å²) in [6.45, 7) is 37.8. The highest BCUT2D eigenvalue weighted by Crippen LogP contribution is 2.68. The lowest BCUT2D eigenvalue weighted by molar-refractivity contribution is -0.0283. The highest BCUT2D eigenvalue weighted by atomic mass is 32.1. The van der Waals surface area contributed by atoms with E-state index in [0.29, 0.717) is 11.8 Å². The van der Waals surface area contributed by atoms with Gasteiger partial charge in [0.2, 0.25) is 20.1 Å². The minimum atomic E-state index is -2.58. The van der Waals surface area contributed by atoms with Crippen LogP contribution in [0.25, 0.3) is 73.7 Å². The molecule has 8 saturated carbocycles. The molecule has 9 aliphatic rings. The Morgan fingerprint density at radius 1 is 0.267 bits per heavy atom. The summed E-state index contributed by atoms with van der Waals surface area (Å²) in [5.74, 6) is 4.01. The normalized spacial score (nSPS) is 20.5. The van der Waals surface area contributed by atoms with Gasteiger partial charge >= 0.3 is 0 Å². The molecule has 4 atom stereocenters. The van der Waals surface area contributed by atoms with Crippen molar-refractivity contribution in [3.05, 3.63) is 446 Å². The number of fused-ring (bicyclic) bond motifs is 9. The van der Waals surface area contributed by atoms with Gasteiger partial charge in [0.25, 0.3) is 0 Å². The molecule has 146 heavy (non-hydrogen) atoms. The number of rotatable bonds is 19. The number of hydrogen-bond acceptors (Lipinski definition) is 2. The van der Waals surface area contributed by atoms with Gasteiger partial charge in [0.15, 0.2) is 8.07 Å². The molecule has 0 N–H and O–H groups in total. The zero-order chi connectivity index (χ0) is 99.9. The molecule has 3 heterocycles. The predicted octanol–water partition coefficient (Wildman–Crippen LogP) is 27.9. The molecular formula is C140H135B3S2Si. The second kappa shape index (κ2) is 36.6. The fourth-order valence-electron chi connectivity index (χ4n) is 32.7. The zero-order valence-corrected chi connectivity index (χ0v) is 91.0. The van der Waals surface area contributed by atoms with Crippen molar-refractivity contribution in [3.8, 4) is 33.4 Å². The van der Waals surface area contributed by atoms with Gasteiger partial charge in [0.05, 0.1) is 0 Å². The summed E-state index contributed by atoms with van der Waals surface area (Å²) in [6.07, 6.45) is 16.0. The third kappa shape index (κ3) is 15.9. The van der Waals surface area contributed by atoms with Crippen molar-refractivity contribution in [1.29, 1.82) is 0 Å². The maximum atomic E-state index is 2.75. The van der Waals surface area contributed by atoms with Gasteiger partial charge in [0, 0.05) is 29.6 Å². The van der Waals surface area contributed by atoms with Crippen LogP contribution >= 0.6 is 22.7 Å². The Morgan fingerprint density at radius 3 is 0.849 bits per heavy atom. The average Bonchev–Trinajstić information content (AvgIpc) is 0.722. The molecule has 0 nitrogen and oxygen atoms in total. The van der Waals surface area contributed by atoms with Crippen LogP contribution in [-0.2, 0) is 21.7 Å². The number of thiophene rings is 2. The molecule has 28 rings (SSSR count). The van der Waals surface area contributed by atoms with Crippen LogP contribution in [0, 0.1) is 107 Å². The summed E-state index contributed by atoms with van der Waals surface area (Å²) in [6, 6.07) is 137. The maximum Gasteiger partial charge on any atom is 0.243 e. The zero-order valence-electron chi connectivity index (χ0n) is 88.4. The Balaban J connectivity index is 0.000000152. The molecule has 8 fully saturated rings. The van der Waals surface area contributed by atoms with Gasteiger partial charge < -0.3 is 0 Å². The van der Waals surface area contributed by atoms with Crippen molar-refractivity contribution >= 4 is 161 Å². The van der Waals surface area contributed by atoms with Crippen molar-refractivity contribution in [2.75, 3.05) is 0 Å². The van der Waals surface area contributed by atoms with Crippen LogP contribution in [-0.4, -0.2) is 28.2 Å². The van der Waals surface area contributed by atoms with E-state index in [4.69, 9.17) is 0 Å². The summed E-state index contributed by atoms with van der Waals surface area (Å²) in [4.78, 5) is 0. The molecule has 0 amide bonds. The van der Waals surface area contributed by atoms with Gasteiger partial charge in [-0.3, -0.25) is 0 Å². The topological polar surface area (TPSA) is 0 Å². The predicted molar refractivity (Wildman–Crippen MR) is 639 cm³/mol. The lowest BCUT2D eigenvalue weighted by Gasteiger charge is -2.63. The second-order valence-corrected chi connectivity index (χ2v) is 53.8. The van der Waals surface area contributed by atoms with Crippen LogP contribution < -0.4 is 69.9 Å². The molecular weight excluding hydrogens is 1810 g/mol. The summed E-state index contributed by atoms with van der Waals surface area (Å²) >= 11 is 3.86. The van der Waals surface area contributed by atoms with Crippen molar-refractivity contribution in [3.63, 3.8) is 0 Å². The number of aryl methyl sites for hydroxylation is 12. The van der Waals surface area contributed by atoms with Crippen molar-refractivity contribution in [1.82, 2.24) is 0 Å². The molecule has 720 valence electrons. The lowest BCUT2D eigenvalue weighted by atomic mass is 9.34. The van der Waals surface area contributed by atoms with E-state index in [1.807, 2.05) is 22.7 Å². The second-order valence-electron chi connectivity index (χ2n) is 47.9. The standard InChI is InChI=1S/C70H70B2S.C70H65BSSi/c1-41(2)58-33-54(34-59(42(3)4)68(58)72-62-17-13-11-15-56(62)57-16-12-14-18-63(57)72)70-38-49-31-50(39-70)37-69(36-49,40-70)53-22-19-51(20-23-53)52-21-25-64-60(32-52)61-35-55(24-26-65(61)73-64)71(66-45(7)27-43(5)28-46(66)8)67-47(9)29-44(6)30-48(67)10;1-46-34-48(3)67(49(4)35-46)71(68-50(5)36-47(2)37-51(68)6)58-29-33-66-64(40-58)63-39-55(24-32-65(63)72-66)54-22-25-56(26-23-54)69-41-52-38-53(42-69)44-70(43-52,45-69)57-27-30-62(31-28-57)73(59-16-10-7-11-17-59,60-18-12-8-13-19-60)61-20-14-9-15-21-61/h11-30,32-35,41-42,49-50H,31,36-40H2,1-10H3;7-37,39-40,52-53H,38,41-45H2,1-6H3.